The number of aromatic nitrogens is 1. The summed E-state index contributed by atoms with van der Waals surface area (Å²) in [5.74, 6) is 0.295. The van der Waals surface area contributed by atoms with Gasteiger partial charge in [0.25, 0.3) is 5.69 Å². The van der Waals surface area contributed by atoms with Crippen LogP contribution in [0, 0.1) is 10.1 Å². The molecule has 1 saturated heterocycles. The molecule has 1 aliphatic rings. The van der Waals surface area contributed by atoms with E-state index in [1.165, 1.54) is 12.1 Å². The standard InChI is InChI=1S/C15H12Cl2N4O3/c16-11-3-1-9(7-12(11)17)20-6-5-13(15(20)22)19-14-4-2-10(8-18-14)21(23)24/h1-4,7-8,13H,5-6H2,(H,18,19). The van der Waals surface area contributed by atoms with Crippen molar-refractivity contribution in [2.75, 3.05) is 16.8 Å². The summed E-state index contributed by atoms with van der Waals surface area (Å²) >= 11 is 11.9. The van der Waals surface area contributed by atoms with E-state index in [1.54, 1.807) is 23.1 Å². The van der Waals surface area contributed by atoms with Crippen LogP contribution >= 0.6 is 23.2 Å². The van der Waals surface area contributed by atoms with Crippen LogP contribution in [-0.4, -0.2) is 28.4 Å². The number of nitrogens with one attached hydrogen (secondary N) is 1. The first-order chi connectivity index (χ1) is 11.5. The zero-order chi connectivity index (χ0) is 17.3. The maximum atomic E-state index is 12.5. The molecule has 0 radical (unpaired) electrons. The molecule has 2 aromatic rings. The van der Waals surface area contributed by atoms with Gasteiger partial charge in [-0.1, -0.05) is 23.2 Å². The maximum absolute atomic E-state index is 12.5. The number of carbonyl (C=O) groups excluding carboxylic acids is 1. The smallest absolute Gasteiger partial charge is 0.287 e. The number of nitro groups is 1. The molecule has 1 aliphatic heterocycles. The molecule has 1 aromatic carbocycles. The van der Waals surface area contributed by atoms with E-state index in [1.807, 2.05) is 0 Å². The maximum Gasteiger partial charge on any atom is 0.287 e. The third-order valence-corrected chi connectivity index (χ3v) is 4.44. The Morgan fingerprint density at radius 2 is 2.04 bits per heavy atom. The highest BCUT2D eigenvalue weighted by Crippen LogP contribution is 2.30. The molecule has 1 amide bonds. The molecule has 3 rings (SSSR count). The minimum atomic E-state index is -0.524. The SMILES string of the molecule is O=C1C(Nc2ccc([N+](=O)[O-])cn2)CCN1c1ccc(Cl)c(Cl)c1. The molecular weight excluding hydrogens is 355 g/mol. The zero-order valence-electron chi connectivity index (χ0n) is 12.3. The number of rotatable bonds is 4. The number of carbonyl (C=O) groups is 1. The lowest BCUT2D eigenvalue weighted by molar-refractivity contribution is -0.385. The van der Waals surface area contributed by atoms with Crippen LogP contribution < -0.4 is 10.2 Å². The molecule has 2 heterocycles. The molecule has 1 aromatic heterocycles. The van der Waals surface area contributed by atoms with Crippen molar-refractivity contribution in [1.82, 2.24) is 4.98 Å². The largest absolute Gasteiger partial charge is 0.358 e. The van der Waals surface area contributed by atoms with Gasteiger partial charge in [-0.25, -0.2) is 4.98 Å². The zero-order valence-corrected chi connectivity index (χ0v) is 13.8. The second kappa shape index (κ2) is 6.62. The summed E-state index contributed by atoms with van der Waals surface area (Å²) in [6.45, 7) is 0.529. The summed E-state index contributed by atoms with van der Waals surface area (Å²) in [5.41, 5.74) is 0.575. The van der Waals surface area contributed by atoms with Crippen molar-refractivity contribution in [3.8, 4) is 0 Å². The number of pyridine rings is 1. The fourth-order valence-electron chi connectivity index (χ4n) is 2.48. The van der Waals surface area contributed by atoms with Crippen molar-refractivity contribution in [1.29, 1.82) is 0 Å². The highest BCUT2D eigenvalue weighted by molar-refractivity contribution is 6.42. The lowest BCUT2D eigenvalue weighted by Crippen LogP contribution is -2.33. The Morgan fingerprint density at radius 1 is 1.25 bits per heavy atom. The quantitative estimate of drug-likeness (QED) is 0.660. The fraction of sp³-hybridized carbons (Fsp3) is 0.200. The second-order valence-corrected chi connectivity index (χ2v) is 6.05. The number of halogens is 2. The molecule has 0 spiro atoms. The Morgan fingerprint density at radius 3 is 2.67 bits per heavy atom. The van der Waals surface area contributed by atoms with E-state index in [9.17, 15) is 14.9 Å². The van der Waals surface area contributed by atoms with Gasteiger partial charge in [-0.05, 0) is 30.7 Å². The number of hydrogen-bond acceptors (Lipinski definition) is 5. The molecule has 0 aliphatic carbocycles. The number of nitrogens with zero attached hydrogens (tertiary/aromatic N) is 3. The monoisotopic (exact) mass is 366 g/mol. The fourth-order valence-corrected chi connectivity index (χ4v) is 2.77. The van der Waals surface area contributed by atoms with Gasteiger partial charge in [-0.3, -0.25) is 14.9 Å². The molecule has 9 heteroatoms. The normalized spacial score (nSPS) is 17.2. The molecule has 1 unspecified atom stereocenters. The summed E-state index contributed by atoms with van der Waals surface area (Å²) in [7, 11) is 0. The van der Waals surface area contributed by atoms with E-state index in [4.69, 9.17) is 23.2 Å². The molecule has 0 bridgehead atoms. The van der Waals surface area contributed by atoms with Crippen molar-refractivity contribution in [3.05, 3.63) is 56.7 Å². The van der Waals surface area contributed by atoms with Gasteiger partial charge in [0.05, 0.1) is 15.0 Å². The summed E-state index contributed by atoms with van der Waals surface area (Å²) in [5, 5.41) is 14.4. The Labute approximate surface area is 147 Å². The molecular formula is C15H12Cl2N4O3. The van der Waals surface area contributed by atoms with Gasteiger partial charge in [0.1, 0.15) is 18.1 Å². The Balaban J connectivity index is 1.71. The lowest BCUT2D eigenvalue weighted by atomic mass is 10.2. The first-order valence-electron chi connectivity index (χ1n) is 7.09. The van der Waals surface area contributed by atoms with E-state index in [2.05, 4.69) is 10.3 Å². The van der Waals surface area contributed by atoms with Crippen molar-refractivity contribution in [2.24, 2.45) is 0 Å². The predicted octanol–water partition coefficient (Wildman–Crippen LogP) is 3.51. The topological polar surface area (TPSA) is 88.4 Å². The van der Waals surface area contributed by atoms with Crippen LogP contribution in [0.15, 0.2) is 36.5 Å². The lowest BCUT2D eigenvalue weighted by Gasteiger charge is -2.18. The van der Waals surface area contributed by atoms with Crippen LogP contribution in [0.25, 0.3) is 0 Å². The molecule has 24 heavy (non-hydrogen) atoms. The van der Waals surface area contributed by atoms with Gasteiger partial charge < -0.3 is 10.2 Å². The molecule has 7 nitrogen and oxygen atoms in total. The number of amides is 1. The highest BCUT2D eigenvalue weighted by Gasteiger charge is 2.33. The minimum Gasteiger partial charge on any atom is -0.358 e. The van der Waals surface area contributed by atoms with Crippen LogP contribution in [0.5, 0.6) is 0 Å². The van der Waals surface area contributed by atoms with E-state index in [0.717, 1.165) is 6.20 Å². The number of anilines is 2. The second-order valence-electron chi connectivity index (χ2n) is 5.23. The molecule has 1 atom stereocenters. The van der Waals surface area contributed by atoms with Crippen LogP contribution in [-0.2, 0) is 4.79 Å². The van der Waals surface area contributed by atoms with Gasteiger partial charge in [-0.15, -0.1) is 0 Å². The minimum absolute atomic E-state index is 0.101. The first kappa shape index (κ1) is 16.5. The molecule has 124 valence electrons. The van der Waals surface area contributed by atoms with E-state index in [-0.39, 0.29) is 11.6 Å². The Kier molecular flexibility index (Phi) is 4.55. The van der Waals surface area contributed by atoms with E-state index < -0.39 is 11.0 Å². The first-order valence-corrected chi connectivity index (χ1v) is 7.85. The molecule has 1 N–H and O–H groups in total. The average molecular weight is 367 g/mol. The van der Waals surface area contributed by atoms with Crippen LogP contribution in [0.1, 0.15) is 6.42 Å². The Hall–Kier alpha value is -2.38. The van der Waals surface area contributed by atoms with Crippen molar-refractivity contribution >= 4 is 46.3 Å². The molecule has 0 saturated carbocycles. The van der Waals surface area contributed by atoms with Crippen molar-refractivity contribution < 1.29 is 9.72 Å². The van der Waals surface area contributed by atoms with Gasteiger partial charge in [0, 0.05) is 18.3 Å². The highest BCUT2D eigenvalue weighted by atomic mass is 35.5. The predicted molar refractivity (Wildman–Crippen MR) is 91.7 cm³/mol. The molecule has 1 fully saturated rings. The third kappa shape index (κ3) is 3.27. The van der Waals surface area contributed by atoms with Crippen LogP contribution in [0.3, 0.4) is 0 Å². The van der Waals surface area contributed by atoms with Crippen molar-refractivity contribution in [2.45, 2.75) is 12.5 Å². The van der Waals surface area contributed by atoms with Gasteiger partial charge in [0.2, 0.25) is 5.91 Å². The average Bonchev–Trinajstić information content (AvgIpc) is 2.91. The Bertz CT molecular complexity index is 798. The number of hydrogen-bond donors (Lipinski definition) is 1. The van der Waals surface area contributed by atoms with Crippen LogP contribution in [0.4, 0.5) is 17.2 Å². The summed E-state index contributed by atoms with van der Waals surface area (Å²) < 4.78 is 0. The van der Waals surface area contributed by atoms with E-state index in [0.29, 0.717) is 34.5 Å². The summed E-state index contributed by atoms with van der Waals surface area (Å²) in [4.78, 5) is 28.2. The van der Waals surface area contributed by atoms with E-state index >= 15 is 0 Å². The number of benzene rings is 1. The van der Waals surface area contributed by atoms with Crippen molar-refractivity contribution in [3.63, 3.8) is 0 Å². The van der Waals surface area contributed by atoms with Gasteiger partial charge in [0.15, 0.2) is 0 Å². The summed E-state index contributed by atoms with van der Waals surface area (Å²) in [6.07, 6.45) is 1.73. The summed E-state index contributed by atoms with van der Waals surface area (Å²) in [6, 6.07) is 7.39. The van der Waals surface area contributed by atoms with Crippen LogP contribution in [0.2, 0.25) is 10.0 Å². The van der Waals surface area contributed by atoms with Gasteiger partial charge in [-0.2, -0.15) is 0 Å². The third-order valence-electron chi connectivity index (χ3n) is 3.70. The van der Waals surface area contributed by atoms with Gasteiger partial charge >= 0.3 is 0 Å².